The second-order valence-corrected chi connectivity index (χ2v) is 8.15. The Labute approximate surface area is 146 Å². The number of amides is 1. The molecular formula is C17H22ClNO3S. The summed E-state index contributed by atoms with van der Waals surface area (Å²) in [5.41, 5.74) is 0.738. The maximum absolute atomic E-state index is 12.5. The van der Waals surface area contributed by atoms with E-state index in [2.05, 4.69) is 19.2 Å². The van der Waals surface area contributed by atoms with Gasteiger partial charge >= 0.3 is 5.97 Å². The Balaban J connectivity index is 2.04. The largest absolute Gasteiger partial charge is 0.481 e. The first-order valence-corrected chi connectivity index (χ1v) is 9.13. The number of rotatable bonds is 5. The van der Waals surface area contributed by atoms with E-state index in [-0.39, 0.29) is 17.7 Å². The molecule has 1 amide bonds. The van der Waals surface area contributed by atoms with E-state index in [4.69, 9.17) is 16.7 Å². The molecule has 0 heterocycles. The van der Waals surface area contributed by atoms with E-state index in [1.165, 1.54) is 0 Å². The number of carboxylic acids is 1. The number of benzene rings is 1. The van der Waals surface area contributed by atoms with Crippen molar-refractivity contribution in [1.82, 2.24) is 0 Å². The van der Waals surface area contributed by atoms with Crippen LogP contribution in [0.25, 0.3) is 0 Å². The number of carbonyl (C=O) groups excluding carboxylic acids is 1. The van der Waals surface area contributed by atoms with Gasteiger partial charge in [0.1, 0.15) is 0 Å². The summed E-state index contributed by atoms with van der Waals surface area (Å²) in [5, 5.41) is 13.0. The minimum absolute atomic E-state index is 0.0401. The van der Waals surface area contributed by atoms with Gasteiger partial charge in [0.25, 0.3) is 0 Å². The molecule has 126 valence electrons. The van der Waals surface area contributed by atoms with E-state index in [0.717, 1.165) is 10.6 Å². The van der Waals surface area contributed by atoms with Crippen molar-refractivity contribution in [2.45, 2.75) is 49.7 Å². The van der Waals surface area contributed by atoms with Gasteiger partial charge in [0.05, 0.1) is 16.6 Å². The number of hydrogen-bond acceptors (Lipinski definition) is 3. The molecule has 4 nitrogen and oxygen atoms in total. The summed E-state index contributed by atoms with van der Waals surface area (Å²) in [4.78, 5) is 24.4. The number of carbonyl (C=O) groups is 2. The number of aliphatic carboxylic acids is 1. The van der Waals surface area contributed by atoms with Crippen LogP contribution in [0.4, 0.5) is 5.69 Å². The van der Waals surface area contributed by atoms with Crippen molar-refractivity contribution in [2.24, 2.45) is 11.8 Å². The lowest BCUT2D eigenvalue weighted by atomic mass is 9.81. The number of thioether (sulfide) groups is 1. The second kappa shape index (κ2) is 8.06. The smallest absolute Gasteiger partial charge is 0.306 e. The highest BCUT2D eigenvalue weighted by Gasteiger charge is 2.30. The number of nitrogens with one attached hydrogen (secondary N) is 1. The van der Waals surface area contributed by atoms with Crippen LogP contribution in [0.5, 0.6) is 0 Å². The fourth-order valence-electron chi connectivity index (χ4n) is 2.80. The maximum Gasteiger partial charge on any atom is 0.306 e. The fourth-order valence-corrected chi connectivity index (χ4v) is 4.01. The minimum atomic E-state index is -0.755. The van der Waals surface area contributed by atoms with Gasteiger partial charge in [-0.25, -0.2) is 0 Å². The molecular weight excluding hydrogens is 334 g/mol. The Morgan fingerprint density at radius 1 is 1.22 bits per heavy atom. The second-order valence-electron chi connectivity index (χ2n) is 6.16. The molecule has 0 bridgehead atoms. The third kappa shape index (κ3) is 4.88. The van der Waals surface area contributed by atoms with E-state index in [0.29, 0.717) is 36.0 Å². The summed E-state index contributed by atoms with van der Waals surface area (Å²) in [6, 6.07) is 5.50. The van der Waals surface area contributed by atoms with Gasteiger partial charge in [0, 0.05) is 16.1 Å². The zero-order valence-corrected chi connectivity index (χ0v) is 14.9. The Morgan fingerprint density at radius 2 is 1.83 bits per heavy atom. The summed E-state index contributed by atoms with van der Waals surface area (Å²) in [5.74, 6) is -1.23. The number of anilines is 1. The van der Waals surface area contributed by atoms with Crippen LogP contribution >= 0.6 is 23.4 Å². The monoisotopic (exact) mass is 355 g/mol. The van der Waals surface area contributed by atoms with Gasteiger partial charge in [-0.05, 0) is 37.8 Å². The van der Waals surface area contributed by atoms with Gasteiger partial charge < -0.3 is 10.4 Å². The Kier molecular flexibility index (Phi) is 6.36. The molecule has 0 saturated heterocycles. The summed E-state index contributed by atoms with van der Waals surface area (Å²) in [6.45, 7) is 4.15. The minimum Gasteiger partial charge on any atom is -0.481 e. The highest BCUT2D eigenvalue weighted by atomic mass is 35.5. The van der Waals surface area contributed by atoms with Crippen molar-refractivity contribution < 1.29 is 14.7 Å². The third-order valence-electron chi connectivity index (χ3n) is 4.03. The molecule has 0 aliphatic heterocycles. The summed E-state index contributed by atoms with van der Waals surface area (Å²) in [7, 11) is 0. The van der Waals surface area contributed by atoms with Crippen molar-refractivity contribution in [3.63, 3.8) is 0 Å². The van der Waals surface area contributed by atoms with Crippen LogP contribution in [0, 0.1) is 11.8 Å². The van der Waals surface area contributed by atoms with Crippen molar-refractivity contribution in [1.29, 1.82) is 0 Å². The first kappa shape index (κ1) is 18.1. The standard InChI is InChI=1S/C17H22ClNO3S/c1-10(2)23-15-13(18)4-3-5-14(15)19-16(20)11-6-8-12(9-7-11)17(21)22/h3-5,10-12H,6-9H2,1-2H3,(H,19,20)(H,21,22). The molecule has 1 aliphatic carbocycles. The van der Waals surface area contributed by atoms with E-state index in [1.807, 2.05) is 18.2 Å². The Hall–Kier alpha value is -1.20. The van der Waals surface area contributed by atoms with Crippen molar-refractivity contribution >= 4 is 40.9 Å². The molecule has 23 heavy (non-hydrogen) atoms. The van der Waals surface area contributed by atoms with Crippen molar-refractivity contribution in [2.75, 3.05) is 5.32 Å². The van der Waals surface area contributed by atoms with Crippen LogP contribution in [0.1, 0.15) is 39.5 Å². The first-order chi connectivity index (χ1) is 10.9. The first-order valence-electron chi connectivity index (χ1n) is 7.87. The van der Waals surface area contributed by atoms with Gasteiger partial charge in [0.2, 0.25) is 5.91 Å². The predicted octanol–water partition coefficient (Wildman–Crippen LogP) is 4.67. The fraction of sp³-hybridized carbons (Fsp3) is 0.529. The van der Waals surface area contributed by atoms with Gasteiger partial charge in [-0.15, -0.1) is 11.8 Å². The highest BCUT2D eigenvalue weighted by molar-refractivity contribution is 8.00. The number of halogens is 1. The maximum atomic E-state index is 12.5. The third-order valence-corrected chi connectivity index (χ3v) is 5.60. The molecule has 1 aliphatic rings. The highest BCUT2D eigenvalue weighted by Crippen LogP contribution is 2.37. The van der Waals surface area contributed by atoms with Crippen LogP contribution in [-0.4, -0.2) is 22.2 Å². The van der Waals surface area contributed by atoms with Crippen LogP contribution in [0.15, 0.2) is 23.1 Å². The van der Waals surface area contributed by atoms with E-state index in [1.54, 1.807) is 11.8 Å². The Bertz CT molecular complexity index is 583. The molecule has 0 atom stereocenters. The summed E-state index contributed by atoms with van der Waals surface area (Å²) in [6.07, 6.45) is 2.37. The molecule has 0 radical (unpaired) electrons. The normalized spacial score (nSPS) is 21.2. The topological polar surface area (TPSA) is 66.4 Å². The molecule has 0 unspecified atom stereocenters. The average molecular weight is 356 g/mol. The summed E-state index contributed by atoms with van der Waals surface area (Å²) >= 11 is 7.88. The van der Waals surface area contributed by atoms with Crippen molar-refractivity contribution in [3.05, 3.63) is 23.2 Å². The zero-order valence-electron chi connectivity index (χ0n) is 13.3. The SMILES string of the molecule is CC(C)Sc1c(Cl)cccc1NC(=O)C1CCC(C(=O)O)CC1. The molecule has 1 aromatic carbocycles. The van der Waals surface area contributed by atoms with Crippen molar-refractivity contribution in [3.8, 4) is 0 Å². The zero-order chi connectivity index (χ0) is 17.0. The van der Waals surface area contributed by atoms with Crippen LogP contribution < -0.4 is 5.32 Å². The van der Waals surface area contributed by atoms with Gasteiger partial charge in [0.15, 0.2) is 0 Å². The molecule has 0 aromatic heterocycles. The van der Waals surface area contributed by atoms with Crippen LogP contribution in [-0.2, 0) is 9.59 Å². The lowest BCUT2D eigenvalue weighted by molar-refractivity contribution is -0.143. The molecule has 6 heteroatoms. The van der Waals surface area contributed by atoms with Gasteiger partial charge in [-0.2, -0.15) is 0 Å². The van der Waals surface area contributed by atoms with Gasteiger partial charge in [-0.1, -0.05) is 31.5 Å². The van der Waals surface area contributed by atoms with Crippen LogP contribution in [0.3, 0.4) is 0 Å². The molecule has 1 aromatic rings. The van der Waals surface area contributed by atoms with E-state index < -0.39 is 5.97 Å². The molecule has 1 fully saturated rings. The molecule has 0 spiro atoms. The number of carboxylic acid groups (broad SMARTS) is 1. The lowest BCUT2D eigenvalue weighted by Crippen LogP contribution is -2.29. The van der Waals surface area contributed by atoms with E-state index >= 15 is 0 Å². The van der Waals surface area contributed by atoms with Crippen LogP contribution in [0.2, 0.25) is 5.02 Å². The predicted molar refractivity (Wildman–Crippen MR) is 94.2 cm³/mol. The van der Waals surface area contributed by atoms with Gasteiger partial charge in [-0.3, -0.25) is 9.59 Å². The molecule has 1 saturated carbocycles. The van der Waals surface area contributed by atoms with E-state index in [9.17, 15) is 9.59 Å². The number of hydrogen-bond donors (Lipinski definition) is 2. The average Bonchev–Trinajstić information content (AvgIpc) is 2.50. The quantitative estimate of drug-likeness (QED) is 0.753. The molecule has 2 N–H and O–H groups in total. The molecule has 2 rings (SSSR count). The summed E-state index contributed by atoms with van der Waals surface area (Å²) < 4.78 is 0. The lowest BCUT2D eigenvalue weighted by Gasteiger charge is -2.25. The Morgan fingerprint density at radius 3 is 2.39 bits per heavy atom.